The molecule has 1 saturated heterocycles. The molecular weight excluding hydrogens is 218 g/mol. The van der Waals surface area contributed by atoms with Crippen LogP contribution in [0.1, 0.15) is 30.3 Å². The molecule has 1 aromatic heterocycles. The van der Waals surface area contributed by atoms with Gasteiger partial charge in [0.05, 0.1) is 6.10 Å². The number of anilines is 1. The largest absolute Gasteiger partial charge is 0.397 e. The van der Waals surface area contributed by atoms with Gasteiger partial charge >= 0.3 is 0 Å². The number of hydrogen-bond donors (Lipinski definition) is 2. The smallest absolute Gasteiger partial charge is 0.270 e. The Hall–Kier alpha value is -1.49. The summed E-state index contributed by atoms with van der Waals surface area (Å²) in [4.78, 5) is 16.8. The van der Waals surface area contributed by atoms with Gasteiger partial charge in [-0.2, -0.15) is 0 Å². The number of likely N-dealkylation sites (tertiary alicyclic amines) is 1. The van der Waals surface area contributed by atoms with Gasteiger partial charge in [-0.1, -0.05) is 0 Å². The number of rotatable bonds is 3. The normalized spacial score (nSPS) is 17.4. The lowest BCUT2D eigenvalue weighted by atomic mass is 10.1. The molecule has 0 spiro atoms. The molecule has 0 radical (unpaired) electrons. The number of carbonyl (C=O) groups is 1. The van der Waals surface area contributed by atoms with Crippen molar-refractivity contribution < 1.29 is 9.53 Å². The van der Waals surface area contributed by atoms with Crippen molar-refractivity contribution in [2.45, 2.75) is 25.9 Å². The van der Waals surface area contributed by atoms with E-state index in [1.54, 1.807) is 12.3 Å². The summed E-state index contributed by atoms with van der Waals surface area (Å²) in [5.74, 6) is 0.0247. The number of ether oxygens (including phenoxy) is 1. The molecule has 0 aromatic carbocycles. The number of nitrogens with zero attached hydrogens (tertiary/aromatic N) is 1. The van der Waals surface area contributed by atoms with Crippen molar-refractivity contribution in [1.29, 1.82) is 0 Å². The molecule has 1 aromatic rings. The maximum atomic E-state index is 12.1. The topological polar surface area (TPSA) is 71.3 Å². The average molecular weight is 237 g/mol. The number of H-pyrrole nitrogens is 1. The maximum Gasteiger partial charge on any atom is 0.270 e. The average Bonchev–Trinajstić information content (AvgIpc) is 2.76. The molecule has 3 N–H and O–H groups in total. The van der Waals surface area contributed by atoms with Crippen molar-refractivity contribution in [2.24, 2.45) is 0 Å². The van der Waals surface area contributed by atoms with E-state index in [2.05, 4.69) is 4.98 Å². The molecule has 2 rings (SSSR count). The van der Waals surface area contributed by atoms with Crippen LogP contribution in [0.15, 0.2) is 12.3 Å². The number of nitrogen functional groups attached to an aromatic ring is 1. The van der Waals surface area contributed by atoms with E-state index in [4.69, 9.17) is 10.5 Å². The summed E-state index contributed by atoms with van der Waals surface area (Å²) in [6, 6.07) is 1.68. The van der Waals surface area contributed by atoms with Crippen molar-refractivity contribution in [3.8, 4) is 0 Å². The molecule has 5 heteroatoms. The van der Waals surface area contributed by atoms with Crippen LogP contribution in [-0.4, -0.2) is 41.6 Å². The molecule has 2 heterocycles. The minimum atomic E-state index is 0.0247. The van der Waals surface area contributed by atoms with Crippen LogP contribution >= 0.6 is 0 Å². The van der Waals surface area contributed by atoms with E-state index in [1.807, 2.05) is 11.8 Å². The van der Waals surface area contributed by atoms with Gasteiger partial charge in [0.1, 0.15) is 5.69 Å². The molecular formula is C12H19N3O2. The first-order valence-electron chi connectivity index (χ1n) is 6.05. The fraction of sp³-hybridized carbons (Fsp3) is 0.583. The van der Waals surface area contributed by atoms with Crippen molar-refractivity contribution in [2.75, 3.05) is 25.4 Å². The molecule has 0 unspecified atom stereocenters. The highest BCUT2D eigenvalue weighted by atomic mass is 16.5. The quantitative estimate of drug-likeness (QED) is 0.830. The Morgan fingerprint density at radius 2 is 2.29 bits per heavy atom. The van der Waals surface area contributed by atoms with Gasteiger partial charge < -0.3 is 20.4 Å². The zero-order valence-electron chi connectivity index (χ0n) is 10.1. The first-order chi connectivity index (χ1) is 8.20. The van der Waals surface area contributed by atoms with Crippen LogP contribution in [-0.2, 0) is 4.74 Å². The van der Waals surface area contributed by atoms with Crippen molar-refractivity contribution in [3.63, 3.8) is 0 Å². The van der Waals surface area contributed by atoms with Crippen LogP contribution in [0.5, 0.6) is 0 Å². The van der Waals surface area contributed by atoms with E-state index >= 15 is 0 Å². The molecule has 1 fully saturated rings. The second-order valence-corrected chi connectivity index (χ2v) is 4.29. The summed E-state index contributed by atoms with van der Waals surface area (Å²) < 4.78 is 5.55. The van der Waals surface area contributed by atoms with Crippen molar-refractivity contribution in [3.05, 3.63) is 18.0 Å². The third kappa shape index (κ3) is 2.79. The summed E-state index contributed by atoms with van der Waals surface area (Å²) >= 11 is 0. The number of piperidine rings is 1. The van der Waals surface area contributed by atoms with Crippen LogP contribution in [0.4, 0.5) is 5.69 Å². The number of amides is 1. The fourth-order valence-corrected chi connectivity index (χ4v) is 2.17. The van der Waals surface area contributed by atoms with Gasteiger partial charge in [-0.05, 0) is 25.8 Å². The van der Waals surface area contributed by atoms with Gasteiger partial charge in [-0.15, -0.1) is 0 Å². The summed E-state index contributed by atoms with van der Waals surface area (Å²) in [5, 5.41) is 0. The molecule has 1 amide bonds. The van der Waals surface area contributed by atoms with Crippen molar-refractivity contribution >= 4 is 11.6 Å². The number of nitrogens with two attached hydrogens (primary N) is 1. The van der Waals surface area contributed by atoms with Gasteiger partial charge in [0.25, 0.3) is 5.91 Å². The predicted octanol–water partition coefficient (Wildman–Crippen LogP) is 1.24. The molecule has 0 aliphatic carbocycles. The Labute approximate surface area is 101 Å². The zero-order valence-corrected chi connectivity index (χ0v) is 10.1. The second kappa shape index (κ2) is 5.23. The van der Waals surface area contributed by atoms with E-state index in [-0.39, 0.29) is 5.91 Å². The lowest BCUT2D eigenvalue weighted by molar-refractivity contribution is 0.0144. The number of hydrogen-bond acceptors (Lipinski definition) is 3. The van der Waals surface area contributed by atoms with E-state index in [0.29, 0.717) is 17.5 Å². The number of nitrogens with one attached hydrogen (secondary N) is 1. The minimum absolute atomic E-state index is 0.0247. The minimum Gasteiger partial charge on any atom is -0.397 e. The molecule has 5 nitrogen and oxygen atoms in total. The standard InChI is InChI=1S/C12H19N3O2/c1-2-17-10-3-5-15(6-4-10)12(16)11-7-9(13)8-14-11/h7-8,10,14H,2-6,13H2,1H3. The Morgan fingerprint density at radius 3 is 2.82 bits per heavy atom. The Balaban J connectivity index is 1.90. The van der Waals surface area contributed by atoms with Gasteiger partial charge in [0.15, 0.2) is 0 Å². The molecule has 0 saturated carbocycles. The number of aromatic amines is 1. The van der Waals surface area contributed by atoms with Crippen LogP contribution < -0.4 is 5.73 Å². The lowest BCUT2D eigenvalue weighted by Crippen LogP contribution is -2.41. The zero-order chi connectivity index (χ0) is 12.3. The van der Waals surface area contributed by atoms with E-state index in [1.165, 1.54) is 0 Å². The van der Waals surface area contributed by atoms with Gasteiger partial charge in [0, 0.05) is 31.6 Å². The maximum absolute atomic E-state index is 12.1. The third-order valence-electron chi connectivity index (χ3n) is 3.07. The predicted molar refractivity (Wildman–Crippen MR) is 65.8 cm³/mol. The molecule has 94 valence electrons. The van der Waals surface area contributed by atoms with E-state index in [0.717, 1.165) is 32.5 Å². The van der Waals surface area contributed by atoms with Gasteiger partial charge in [-0.25, -0.2) is 0 Å². The monoisotopic (exact) mass is 237 g/mol. The number of aromatic nitrogens is 1. The summed E-state index contributed by atoms with van der Waals surface area (Å²) in [5.41, 5.74) is 6.75. The molecule has 0 bridgehead atoms. The highest BCUT2D eigenvalue weighted by Gasteiger charge is 2.24. The second-order valence-electron chi connectivity index (χ2n) is 4.29. The highest BCUT2D eigenvalue weighted by Crippen LogP contribution is 2.16. The summed E-state index contributed by atoms with van der Waals surface area (Å²) in [7, 11) is 0. The molecule has 17 heavy (non-hydrogen) atoms. The molecule has 1 aliphatic heterocycles. The molecule has 0 atom stereocenters. The first-order valence-corrected chi connectivity index (χ1v) is 6.05. The Morgan fingerprint density at radius 1 is 1.59 bits per heavy atom. The van der Waals surface area contributed by atoms with Crippen LogP contribution in [0.25, 0.3) is 0 Å². The third-order valence-corrected chi connectivity index (χ3v) is 3.07. The van der Waals surface area contributed by atoms with Crippen molar-refractivity contribution in [1.82, 2.24) is 9.88 Å². The fourth-order valence-electron chi connectivity index (χ4n) is 2.17. The SMILES string of the molecule is CCOC1CCN(C(=O)c2cc(N)c[nH]2)CC1. The summed E-state index contributed by atoms with van der Waals surface area (Å²) in [6.45, 7) is 4.25. The first kappa shape index (κ1) is 12.0. The van der Waals surface area contributed by atoms with E-state index < -0.39 is 0 Å². The van der Waals surface area contributed by atoms with Crippen LogP contribution in [0, 0.1) is 0 Å². The lowest BCUT2D eigenvalue weighted by Gasteiger charge is -2.31. The Kier molecular flexibility index (Phi) is 3.68. The Bertz CT molecular complexity index is 381. The van der Waals surface area contributed by atoms with Gasteiger partial charge in [0.2, 0.25) is 0 Å². The van der Waals surface area contributed by atoms with Crippen LogP contribution in [0.2, 0.25) is 0 Å². The summed E-state index contributed by atoms with van der Waals surface area (Å²) in [6.07, 6.45) is 3.77. The highest BCUT2D eigenvalue weighted by molar-refractivity contribution is 5.93. The molecule has 1 aliphatic rings. The number of carbonyl (C=O) groups excluding carboxylic acids is 1. The van der Waals surface area contributed by atoms with E-state index in [9.17, 15) is 4.79 Å². The van der Waals surface area contributed by atoms with Gasteiger partial charge in [-0.3, -0.25) is 4.79 Å². The van der Waals surface area contributed by atoms with Crippen LogP contribution in [0.3, 0.4) is 0 Å².